The molecular weight excluding hydrogens is 360 g/mol. The summed E-state index contributed by atoms with van der Waals surface area (Å²) in [7, 11) is 1.61. The number of carbonyl (C=O) groups is 2. The number of benzene rings is 1. The number of terminal acetylenes is 1. The number of amides is 1. The molecule has 0 atom stereocenters. The highest BCUT2D eigenvalue weighted by Crippen LogP contribution is 2.41. The summed E-state index contributed by atoms with van der Waals surface area (Å²) >= 11 is 0. The van der Waals surface area contributed by atoms with Crippen molar-refractivity contribution in [1.29, 1.82) is 0 Å². The predicted octanol–water partition coefficient (Wildman–Crippen LogP) is 2.39. The van der Waals surface area contributed by atoms with Crippen LogP contribution in [0.25, 0.3) is 5.57 Å². The van der Waals surface area contributed by atoms with Crippen LogP contribution in [-0.4, -0.2) is 49.5 Å². The van der Waals surface area contributed by atoms with E-state index in [1.54, 1.807) is 25.2 Å². The number of rotatable bonds is 4. The lowest BCUT2D eigenvalue weighted by atomic mass is 9.85. The van der Waals surface area contributed by atoms with Crippen molar-refractivity contribution in [2.24, 2.45) is 0 Å². The van der Waals surface area contributed by atoms with Gasteiger partial charge in [0.25, 0.3) is 5.91 Å². The third kappa shape index (κ3) is 3.61. The molecule has 0 bridgehead atoms. The van der Waals surface area contributed by atoms with Gasteiger partial charge in [-0.1, -0.05) is 17.6 Å². The van der Waals surface area contributed by atoms with E-state index in [1.807, 2.05) is 19.1 Å². The van der Waals surface area contributed by atoms with Crippen LogP contribution in [0.4, 0.5) is 4.79 Å². The average molecular weight is 384 g/mol. The van der Waals surface area contributed by atoms with E-state index in [0.29, 0.717) is 37.1 Å². The number of hydroxylamine groups is 2. The fourth-order valence-corrected chi connectivity index (χ4v) is 3.70. The molecule has 1 fully saturated rings. The van der Waals surface area contributed by atoms with Crippen LogP contribution < -0.4 is 5.32 Å². The lowest BCUT2D eigenvalue weighted by Crippen LogP contribution is -2.53. The number of piperidine rings is 1. The standard InChI is InChI=1S/C21H24N2O5/c1-5-15-8-7-14(3)13-16(15)17-18(28-20(25)27-6-2)21(22-19(17)24)9-11-23(26-4)12-10-21/h1,7-8,13H,6,9-12H2,2-4H3,(H,22,24). The van der Waals surface area contributed by atoms with Crippen LogP contribution in [0.1, 0.15) is 36.5 Å². The number of aryl methyl sites for hydroxylation is 1. The summed E-state index contributed by atoms with van der Waals surface area (Å²) in [6, 6.07) is 5.50. The van der Waals surface area contributed by atoms with Gasteiger partial charge in [-0.15, -0.1) is 6.42 Å². The Morgan fingerprint density at radius 3 is 2.68 bits per heavy atom. The largest absolute Gasteiger partial charge is 0.513 e. The van der Waals surface area contributed by atoms with E-state index in [1.165, 1.54) is 0 Å². The topological polar surface area (TPSA) is 77.1 Å². The summed E-state index contributed by atoms with van der Waals surface area (Å²) in [5.41, 5.74) is 1.57. The molecule has 2 aliphatic rings. The molecule has 7 heteroatoms. The zero-order valence-corrected chi connectivity index (χ0v) is 16.3. The normalized spacial score (nSPS) is 18.7. The summed E-state index contributed by atoms with van der Waals surface area (Å²) in [6.07, 6.45) is 5.88. The molecule has 1 saturated heterocycles. The highest BCUT2D eigenvalue weighted by Gasteiger charge is 2.50. The van der Waals surface area contributed by atoms with Crippen molar-refractivity contribution in [2.75, 3.05) is 26.8 Å². The minimum absolute atomic E-state index is 0.174. The van der Waals surface area contributed by atoms with Crippen molar-refractivity contribution >= 4 is 17.6 Å². The molecule has 0 aliphatic carbocycles. The Hall–Kier alpha value is -2.82. The molecule has 0 aromatic heterocycles. The monoisotopic (exact) mass is 384 g/mol. The first-order valence-corrected chi connectivity index (χ1v) is 9.22. The van der Waals surface area contributed by atoms with E-state index in [0.717, 1.165) is 5.56 Å². The summed E-state index contributed by atoms with van der Waals surface area (Å²) in [4.78, 5) is 30.5. The second-order valence-electron chi connectivity index (χ2n) is 6.83. The first-order chi connectivity index (χ1) is 13.4. The molecular formula is C21H24N2O5. The molecule has 148 valence electrons. The molecule has 2 heterocycles. The molecule has 2 aliphatic heterocycles. The first-order valence-electron chi connectivity index (χ1n) is 9.22. The molecule has 1 spiro atoms. The number of ether oxygens (including phenoxy) is 2. The molecule has 28 heavy (non-hydrogen) atoms. The van der Waals surface area contributed by atoms with Crippen molar-refractivity contribution in [3.63, 3.8) is 0 Å². The van der Waals surface area contributed by atoms with Crippen molar-refractivity contribution in [3.05, 3.63) is 40.6 Å². The maximum atomic E-state index is 13.0. The lowest BCUT2D eigenvalue weighted by Gasteiger charge is -2.38. The number of hydrogen-bond acceptors (Lipinski definition) is 6. The first kappa shape index (κ1) is 19.9. The maximum Gasteiger partial charge on any atom is 0.513 e. The Morgan fingerprint density at radius 2 is 2.07 bits per heavy atom. The zero-order chi connectivity index (χ0) is 20.3. The third-order valence-corrected chi connectivity index (χ3v) is 5.12. The molecule has 1 amide bonds. The Bertz CT molecular complexity index is 860. The minimum Gasteiger partial charge on any atom is -0.434 e. The Labute approximate surface area is 164 Å². The number of hydrogen-bond donors (Lipinski definition) is 1. The summed E-state index contributed by atoms with van der Waals surface area (Å²) in [5, 5.41) is 4.84. The van der Waals surface area contributed by atoms with Crippen LogP contribution in [-0.2, 0) is 19.1 Å². The van der Waals surface area contributed by atoms with Crippen molar-refractivity contribution in [2.45, 2.75) is 32.2 Å². The molecule has 0 unspecified atom stereocenters. The summed E-state index contributed by atoms with van der Waals surface area (Å²) in [5.74, 6) is 2.57. The van der Waals surface area contributed by atoms with Gasteiger partial charge in [0.2, 0.25) is 0 Å². The van der Waals surface area contributed by atoms with Crippen LogP contribution in [0.2, 0.25) is 0 Å². The Kier molecular flexibility index (Phi) is 5.73. The Morgan fingerprint density at radius 1 is 1.36 bits per heavy atom. The highest BCUT2D eigenvalue weighted by atomic mass is 16.7. The molecule has 3 rings (SSSR count). The average Bonchev–Trinajstić information content (AvgIpc) is 2.93. The van der Waals surface area contributed by atoms with Gasteiger partial charge in [0.05, 0.1) is 19.3 Å². The minimum atomic E-state index is -0.838. The molecule has 0 radical (unpaired) electrons. The van der Waals surface area contributed by atoms with Crippen molar-refractivity contribution in [1.82, 2.24) is 10.4 Å². The zero-order valence-electron chi connectivity index (χ0n) is 16.3. The lowest BCUT2D eigenvalue weighted by molar-refractivity contribution is -0.152. The molecule has 1 aromatic carbocycles. The van der Waals surface area contributed by atoms with Gasteiger partial charge in [-0.3, -0.25) is 4.79 Å². The Balaban J connectivity index is 2.12. The van der Waals surface area contributed by atoms with E-state index in [4.69, 9.17) is 20.7 Å². The van der Waals surface area contributed by atoms with Crippen LogP contribution in [0, 0.1) is 19.3 Å². The van der Waals surface area contributed by atoms with Gasteiger partial charge >= 0.3 is 6.16 Å². The number of nitrogens with one attached hydrogen (secondary N) is 1. The van der Waals surface area contributed by atoms with Gasteiger partial charge in [-0.25, -0.2) is 4.79 Å². The number of carbonyl (C=O) groups excluding carboxylic acids is 2. The molecule has 0 saturated carbocycles. The van der Waals surface area contributed by atoms with E-state index in [9.17, 15) is 9.59 Å². The van der Waals surface area contributed by atoms with Gasteiger partial charge in [0, 0.05) is 24.2 Å². The van der Waals surface area contributed by atoms with Crippen molar-refractivity contribution in [3.8, 4) is 12.3 Å². The summed E-state index contributed by atoms with van der Waals surface area (Å²) in [6.45, 7) is 4.94. The van der Waals surface area contributed by atoms with E-state index in [-0.39, 0.29) is 23.8 Å². The fourth-order valence-electron chi connectivity index (χ4n) is 3.70. The predicted molar refractivity (Wildman–Crippen MR) is 103 cm³/mol. The molecule has 1 N–H and O–H groups in total. The van der Waals surface area contributed by atoms with Crippen LogP contribution in [0.15, 0.2) is 24.0 Å². The van der Waals surface area contributed by atoms with Crippen molar-refractivity contribution < 1.29 is 23.9 Å². The second kappa shape index (κ2) is 8.05. The van der Waals surface area contributed by atoms with E-state index >= 15 is 0 Å². The van der Waals surface area contributed by atoms with Crippen LogP contribution in [0.3, 0.4) is 0 Å². The van der Waals surface area contributed by atoms with Crippen LogP contribution in [0.5, 0.6) is 0 Å². The number of nitrogens with zero attached hydrogens (tertiary/aromatic N) is 1. The maximum absolute atomic E-state index is 13.0. The van der Waals surface area contributed by atoms with E-state index in [2.05, 4.69) is 11.2 Å². The highest BCUT2D eigenvalue weighted by molar-refractivity contribution is 6.24. The molecule has 7 nitrogen and oxygen atoms in total. The van der Waals surface area contributed by atoms with Gasteiger partial charge in [0.1, 0.15) is 5.54 Å². The quantitative estimate of drug-likeness (QED) is 0.635. The summed E-state index contributed by atoms with van der Waals surface area (Å²) < 4.78 is 10.6. The van der Waals surface area contributed by atoms with Crippen LogP contribution >= 0.6 is 0 Å². The second-order valence-corrected chi connectivity index (χ2v) is 6.83. The smallest absolute Gasteiger partial charge is 0.434 e. The SMILES string of the molecule is C#Cc1ccc(C)cc1C1=C(OC(=O)OCC)C2(CCN(OC)CC2)NC1=O. The van der Waals surface area contributed by atoms with E-state index < -0.39 is 11.7 Å². The van der Waals surface area contributed by atoms with Gasteiger partial charge in [-0.05, 0) is 38.8 Å². The van der Waals surface area contributed by atoms with Gasteiger partial charge < -0.3 is 19.6 Å². The fraction of sp³-hybridized carbons (Fsp3) is 0.429. The third-order valence-electron chi connectivity index (χ3n) is 5.12. The van der Waals surface area contributed by atoms with Gasteiger partial charge in [0.15, 0.2) is 5.76 Å². The molecule has 1 aromatic rings. The van der Waals surface area contributed by atoms with Gasteiger partial charge in [-0.2, -0.15) is 5.06 Å².